The maximum absolute atomic E-state index is 10.8. The van der Waals surface area contributed by atoms with E-state index in [4.69, 9.17) is 4.74 Å². The van der Waals surface area contributed by atoms with Gasteiger partial charge in [-0.3, -0.25) is 0 Å². The van der Waals surface area contributed by atoms with Crippen molar-refractivity contribution >= 4 is 5.97 Å². The van der Waals surface area contributed by atoms with Gasteiger partial charge in [0.05, 0.1) is 6.08 Å². The Morgan fingerprint density at radius 3 is 2.62 bits per heavy atom. The van der Waals surface area contributed by atoms with Gasteiger partial charge in [-0.05, 0) is 24.8 Å². The second kappa shape index (κ2) is 4.84. The minimum absolute atomic E-state index is 0.0538. The summed E-state index contributed by atoms with van der Waals surface area (Å²) in [6.07, 6.45) is 3.20. The highest BCUT2D eigenvalue weighted by Crippen LogP contribution is 2.18. The summed E-state index contributed by atoms with van der Waals surface area (Å²) < 4.78 is 4.93. The molecule has 0 spiro atoms. The Morgan fingerprint density at radius 2 is 2.00 bits per heavy atom. The van der Waals surface area contributed by atoms with Crippen LogP contribution in [0.4, 0.5) is 0 Å². The Kier molecular flexibility index (Phi) is 3.25. The molecule has 0 saturated carbocycles. The van der Waals surface area contributed by atoms with E-state index in [0.29, 0.717) is 6.42 Å². The maximum atomic E-state index is 10.8. The third kappa shape index (κ3) is 2.63. The fraction of sp³-hybridized carbons (Fsp3) is 0.308. The van der Waals surface area contributed by atoms with E-state index in [1.165, 1.54) is 5.56 Å². The van der Waals surface area contributed by atoms with Crippen LogP contribution >= 0.6 is 0 Å². The normalized spacial score (nSPS) is 19.4. The van der Waals surface area contributed by atoms with Crippen molar-refractivity contribution in [1.82, 2.24) is 0 Å². The summed E-state index contributed by atoms with van der Waals surface area (Å²) in [5, 5.41) is 9.37. The van der Waals surface area contributed by atoms with Crippen LogP contribution in [-0.4, -0.2) is 17.2 Å². The van der Waals surface area contributed by atoms with Crippen LogP contribution in [0.2, 0.25) is 0 Å². The molecule has 1 aromatic carbocycles. The summed E-state index contributed by atoms with van der Waals surface area (Å²) in [6, 6.07) is 10.1. The number of carbonyl (C=O) groups is 1. The first-order valence-corrected chi connectivity index (χ1v) is 5.41. The van der Waals surface area contributed by atoms with E-state index in [-0.39, 0.29) is 5.76 Å². The van der Waals surface area contributed by atoms with E-state index in [1.807, 2.05) is 18.2 Å². The zero-order valence-electron chi connectivity index (χ0n) is 8.93. The van der Waals surface area contributed by atoms with E-state index in [0.717, 1.165) is 18.9 Å². The molecule has 0 saturated heterocycles. The molecule has 1 heterocycles. The summed E-state index contributed by atoms with van der Waals surface area (Å²) >= 11 is 0. The van der Waals surface area contributed by atoms with Gasteiger partial charge in [-0.25, -0.2) is 4.79 Å². The number of cyclic esters (lactones) is 1. The van der Waals surface area contributed by atoms with Crippen LogP contribution in [0, 0.1) is 0 Å². The summed E-state index contributed by atoms with van der Waals surface area (Å²) in [5.74, 6) is -0.389. The molecule has 3 nitrogen and oxygen atoms in total. The van der Waals surface area contributed by atoms with Crippen LogP contribution in [-0.2, 0) is 16.0 Å². The lowest BCUT2D eigenvalue weighted by Crippen LogP contribution is -2.11. The first kappa shape index (κ1) is 10.7. The molecular weight excluding hydrogens is 204 g/mol. The zero-order chi connectivity index (χ0) is 11.4. The van der Waals surface area contributed by atoms with Gasteiger partial charge in [0.2, 0.25) is 0 Å². The molecule has 1 N–H and O–H groups in total. The van der Waals surface area contributed by atoms with Crippen molar-refractivity contribution in [2.45, 2.75) is 25.4 Å². The highest BCUT2D eigenvalue weighted by molar-refractivity contribution is 5.85. The number of aliphatic hydroxyl groups is 1. The second-order valence-electron chi connectivity index (χ2n) is 3.87. The van der Waals surface area contributed by atoms with Gasteiger partial charge in [-0.1, -0.05) is 30.3 Å². The van der Waals surface area contributed by atoms with Crippen LogP contribution in [0.3, 0.4) is 0 Å². The molecule has 0 radical (unpaired) electrons. The molecule has 1 aromatic rings. The lowest BCUT2D eigenvalue weighted by Gasteiger charge is -2.09. The number of carbonyl (C=O) groups excluding carboxylic acids is 1. The number of benzene rings is 1. The largest absolute Gasteiger partial charge is 0.508 e. The van der Waals surface area contributed by atoms with Crippen molar-refractivity contribution < 1.29 is 14.6 Å². The predicted molar refractivity (Wildman–Crippen MR) is 60.0 cm³/mol. The molecule has 16 heavy (non-hydrogen) atoms. The molecule has 3 heteroatoms. The van der Waals surface area contributed by atoms with Crippen molar-refractivity contribution in [2.24, 2.45) is 0 Å². The second-order valence-corrected chi connectivity index (χ2v) is 3.87. The Hall–Kier alpha value is -1.77. The highest BCUT2D eigenvalue weighted by atomic mass is 16.6. The molecule has 0 amide bonds. The van der Waals surface area contributed by atoms with Crippen molar-refractivity contribution in [3.05, 3.63) is 47.7 Å². The molecule has 1 aliphatic rings. The van der Waals surface area contributed by atoms with Gasteiger partial charge in [0.1, 0.15) is 5.76 Å². The van der Waals surface area contributed by atoms with Crippen molar-refractivity contribution in [1.29, 1.82) is 0 Å². The molecule has 84 valence electrons. The number of rotatable bonds is 4. The Morgan fingerprint density at radius 1 is 1.25 bits per heavy atom. The molecule has 0 fully saturated rings. The smallest absolute Gasteiger partial charge is 0.335 e. The van der Waals surface area contributed by atoms with Crippen LogP contribution < -0.4 is 0 Å². The minimum atomic E-state index is -0.442. The van der Waals surface area contributed by atoms with Crippen LogP contribution in [0.25, 0.3) is 0 Å². The van der Waals surface area contributed by atoms with Crippen LogP contribution in [0.1, 0.15) is 18.4 Å². The third-order valence-corrected chi connectivity index (χ3v) is 2.63. The van der Waals surface area contributed by atoms with Gasteiger partial charge < -0.3 is 9.84 Å². The van der Waals surface area contributed by atoms with E-state index < -0.39 is 12.1 Å². The summed E-state index contributed by atoms with van der Waals surface area (Å²) in [7, 11) is 0. The molecule has 1 atom stereocenters. The lowest BCUT2D eigenvalue weighted by molar-refractivity contribution is -0.139. The molecule has 0 unspecified atom stereocenters. The van der Waals surface area contributed by atoms with E-state index in [1.54, 1.807) is 0 Å². The van der Waals surface area contributed by atoms with Gasteiger partial charge in [-0.15, -0.1) is 0 Å². The Bertz CT molecular complexity index is 395. The van der Waals surface area contributed by atoms with Gasteiger partial charge in [-0.2, -0.15) is 0 Å². The van der Waals surface area contributed by atoms with Crippen molar-refractivity contribution in [2.75, 3.05) is 0 Å². The van der Waals surface area contributed by atoms with E-state index in [2.05, 4.69) is 12.1 Å². The fourth-order valence-electron chi connectivity index (χ4n) is 1.79. The van der Waals surface area contributed by atoms with Crippen molar-refractivity contribution in [3.63, 3.8) is 0 Å². The number of aliphatic hydroxyl groups excluding tert-OH is 1. The Labute approximate surface area is 94.4 Å². The number of ether oxygens (including phenoxy) is 1. The highest BCUT2D eigenvalue weighted by Gasteiger charge is 2.24. The number of aryl methyl sites for hydroxylation is 1. The van der Waals surface area contributed by atoms with E-state index >= 15 is 0 Å². The third-order valence-electron chi connectivity index (χ3n) is 2.63. The fourth-order valence-corrected chi connectivity index (χ4v) is 1.79. The monoisotopic (exact) mass is 218 g/mol. The van der Waals surface area contributed by atoms with E-state index in [9.17, 15) is 9.90 Å². The minimum Gasteiger partial charge on any atom is -0.508 e. The molecular formula is C13H14O3. The lowest BCUT2D eigenvalue weighted by atomic mass is 10.1. The molecule has 1 aliphatic heterocycles. The summed E-state index contributed by atoms with van der Waals surface area (Å²) in [4.78, 5) is 10.8. The number of esters is 1. The van der Waals surface area contributed by atoms with Crippen LogP contribution in [0.5, 0.6) is 0 Å². The summed E-state index contributed by atoms with van der Waals surface area (Å²) in [5.41, 5.74) is 1.26. The predicted octanol–water partition coefficient (Wildman–Crippen LogP) is 2.38. The van der Waals surface area contributed by atoms with Gasteiger partial charge in [0.15, 0.2) is 6.10 Å². The average molecular weight is 218 g/mol. The first-order chi connectivity index (χ1) is 7.75. The number of hydrogen-bond acceptors (Lipinski definition) is 3. The van der Waals surface area contributed by atoms with Crippen LogP contribution in [0.15, 0.2) is 42.2 Å². The molecule has 0 aromatic heterocycles. The first-order valence-electron chi connectivity index (χ1n) is 5.41. The topological polar surface area (TPSA) is 46.5 Å². The number of hydrogen-bond donors (Lipinski definition) is 1. The average Bonchev–Trinajstić information content (AvgIpc) is 2.59. The van der Waals surface area contributed by atoms with Gasteiger partial charge in [0.25, 0.3) is 0 Å². The van der Waals surface area contributed by atoms with Gasteiger partial charge >= 0.3 is 5.97 Å². The molecule has 0 aliphatic carbocycles. The zero-order valence-corrected chi connectivity index (χ0v) is 8.93. The maximum Gasteiger partial charge on any atom is 0.335 e. The molecule has 2 rings (SSSR count). The van der Waals surface area contributed by atoms with Crippen molar-refractivity contribution in [3.8, 4) is 0 Å². The molecule has 0 bridgehead atoms. The quantitative estimate of drug-likeness (QED) is 0.789. The SMILES string of the molecule is O=C1C=C(O)[C@@H](CCCc2ccccc2)O1. The van der Waals surface area contributed by atoms with Gasteiger partial charge in [0, 0.05) is 0 Å². The standard InChI is InChI=1S/C13H14O3/c14-11-9-13(15)16-12(11)8-4-7-10-5-2-1-3-6-10/h1-3,5-6,9,12,14H,4,7-8H2/t12-/m1/s1. The Balaban J connectivity index is 1.77. The summed E-state index contributed by atoms with van der Waals surface area (Å²) in [6.45, 7) is 0.